The number of nitrogens with two attached hydrogens (primary N) is 1. The molecule has 94 valence electrons. The summed E-state index contributed by atoms with van der Waals surface area (Å²) in [5.74, 6) is -0.529. The summed E-state index contributed by atoms with van der Waals surface area (Å²) < 4.78 is 13.7. The van der Waals surface area contributed by atoms with E-state index in [1.807, 2.05) is 6.07 Å². The smallest absolute Gasteiger partial charge is 0.132 e. The van der Waals surface area contributed by atoms with E-state index in [1.165, 1.54) is 24.4 Å². The van der Waals surface area contributed by atoms with Gasteiger partial charge in [0.1, 0.15) is 11.9 Å². The van der Waals surface area contributed by atoms with Crippen LogP contribution in [0.15, 0.2) is 42.7 Å². The van der Waals surface area contributed by atoms with Gasteiger partial charge in [0.05, 0.1) is 11.3 Å². The average molecular weight is 274 g/mol. The SMILES string of the molecule is N#C/C(=C(/N)c1cc(Cl)ccc1F)c1cccnc1. The van der Waals surface area contributed by atoms with Crippen molar-refractivity contribution in [3.63, 3.8) is 0 Å². The fraction of sp³-hybridized carbons (Fsp3) is 0. The number of benzene rings is 1. The summed E-state index contributed by atoms with van der Waals surface area (Å²) in [7, 11) is 0. The van der Waals surface area contributed by atoms with Crippen LogP contribution in [0, 0.1) is 17.1 Å². The summed E-state index contributed by atoms with van der Waals surface area (Å²) in [6, 6.07) is 9.34. The van der Waals surface area contributed by atoms with Gasteiger partial charge in [-0.1, -0.05) is 17.7 Å². The number of nitriles is 1. The van der Waals surface area contributed by atoms with Crippen LogP contribution >= 0.6 is 11.6 Å². The molecule has 0 fully saturated rings. The molecule has 0 atom stereocenters. The quantitative estimate of drug-likeness (QED) is 0.855. The summed E-state index contributed by atoms with van der Waals surface area (Å²) in [5.41, 5.74) is 6.72. The van der Waals surface area contributed by atoms with Gasteiger partial charge in [-0.05, 0) is 24.3 Å². The summed E-state index contributed by atoms with van der Waals surface area (Å²) in [4.78, 5) is 3.91. The van der Waals surface area contributed by atoms with Crippen molar-refractivity contribution in [2.75, 3.05) is 0 Å². The minimum atomic E-state index is -0.529. The second-order valence-electron chi connectivity index (χ2n) is 3.77. The lowest BCUT2D eigenvalue weighted by atomic mass is 10.0. The van der Waals surface area contributed by atoms with E-state index in [0.29, 0.717) is 10.6 Å². The van der Waals surface area contributed by atoms with Crippen LogP contribution in [0.1, 0.15) is 11.1 Å². The number of rotatable bonds is 2. The van der Waals surface area contributed by atoms with Gasteiger partial charge in [-0.2, -0.15) is 5.26 Å². The summed E-state index contributed by atoms with van der Waals surface area (Å²) in [6.07, 6.45) is 3.07. The molecule has 0 aliphatic carbocycles. The first-order valence-corrected chi connectivity index (χ1v) is 5.77. The second-order valence-corrected chi connectivity index (χ2v) is 4.20. The predicted octanol–water partition coefficient (Wildman–Crippen LogP) is 3.22. The van der Waals surface area contributed by atoms with Crippen LogP contribution < -0.4 is 5.73 Å². The zero-order valence-electron chi connectivity index (χ0n) is 9.77. The molecule has 1 aromatic heterocycles. The van der Waals surface area contributed by atoms with Crippen molar-refractivity contribution in [1.82, 2.24) is 4.98 Å². The molecule has 0 radical (unpaired) electrons. The Kier molecular flexibility index (Phi) is 3.79. The van der Waals surface area contributed by atoms with Gasteiger partial charge in [0.2, 0.25) is 0 Å². The third-order valence-corrected chi connectivity index (χ3v) is 2.79. The number of allylic oxidation sites excluding steroid dienone is 1. The highest BCUT2D eigenvalue weighted by Crippen LogP contribution is 2.25. The topological polar surface area (TPSA) is 62.7 Å². The fourth-order valence-corrected chi connectivity index (χ4v) is 1.80. The number of hydrogen-bond acceptors (Lipinski definition) is 3. The van der Waals surface area contributed by atoms with Gasteiger partial charge in [-0.15, -0.1) is 0 Å². The highest BCUT2D eigenvalue weighted by molar-refractivity contribution is 6.30. The molecule has 19 heavy (non-hydrogen) atoms. The lowest BCUT2D eigenvalue weighted by Gasteiger charge is -2.07. The van der Waals surface area contributed by atoms with Crippen LogP contribution in [0.4, 0.5) is 4.39 Å². The molecule has 0 unspecified atom stereocenters. The van der Waals surface area contributed by atoms with Gasteiger partial charge >= 0.3 is 0 Å². The molecular weight excluding hydrogens is 265 g/mol. The minimum Gasteiger partial charge on any atom is -0.397 e. The van der Waals surface area contributed by atoms with E-state index in [-0.39, 0.29) is 16.8 Å². The highest BCUT2D eigenvalue weighted by atomic mass is 35.5. The first-order chi connectivity index (χ1) is 9.13. The van der Waals surface area contributed by atoms with E-state index in [0.717, 1.165) is 0 Å². The van der Waals surface area contributed by atoms with Crippen LogP contribution in [-0.2, 0) is 0 Å². The lowest BCUT2D eigenvalue weighted by molar-refractivity contribution is 0.624. The maximum Gasteiger partial charge on any atom is 0.132 e. The Hall–Kier alpha value is -2.38. The summed E-state index contributed by atoms with van der Waals surface area (Å²) >= 11 is 5.81. The standard InChI is InChI=1S/C14H9ClFN3/c15-10-3-4-13(16)11(6-10)14(18)12(7-17)9-2-1-5-19-8-9/h1-6,8H,18H2/b14-12-. The van der Waals surface area contributed by atoms with Gasteiger partial charge < -0.3 is 5.73 Å². The van der Waals surface area contributed by atoms with Crippen molar-refractivity contribution in [2.45, 2.75) is 0 Å². The van der Waals surface area contributed by atoms with Crippen LogP contribution in [-0.4, -0.2) is 4.98 Å². The van der Waals surface area contributed by atoms with Crippen molar-refractivity contribution in [1.29, 1.82) is 5.26 Å². The summed E-state index contributed by atoms with van der Waals surface area (Å²) in [6.45, 7) is 0. The Morgan fingerprint density at radius 1 is 1.37 bits per heavy atom. The van der Waals surface area contributed by atoms with Gasteiger partial charge in [-0.25, -0.2) is 4.39 Å². The molecule has 1 aromatic carbocycles. The molecule has 3 nitrogen and oxygen atoms in total. The maximum absolute atomic E-state index is 13.7. The van der Waals surface area contributed by atoms with E-state index >= 15 is 0 Å². The largest absolute Gasteiger partial charge is 0.397 e. The highest BCUT2D eigenvalue weighted by Gasteiger charge is 2.12. The van der Waals surface area contributed by atoms with Crippen molar-refractivity contribution in [2.24, 2.45) is 5.73 Å². The molecule has 2 rings (SSSR count). The number of pyridine rings is 1. The molecule has 0 saturated carbocycles. The van der Waals surface area contributed by atoms with E-state index in [1.54, 1.807) is 18.3 Å². The molecule has 0 aliphatic rings. The Morgan fingerprint density at radius 3 is 2.79 bits per heavy atom. The number of hydrogen-bond donors (Lipinski definition) is 1. The zero-order chi connectivity index (χ0) is 13.8. The normalized spacial score (nSPS) is 11.6. The van der Waals surface area contributed by atoms with E-state index in [9.17, 15) is 9.65 Å². The first kappa shape index (κ1) is 13.1. The van der Waals surface area contributed by atoms with E-state index in [2.05, 4.69) is 4.98 Å². The van der Waals surface area contributed by atoms with Crippen LogP contribution in [0.2, 0.25) is 5.02 Å². The van der Waals surface area contributed by atoms with Crippen LogP contribution in [0.25, 0.3) is 11.3 Å². The zero-order valence-corrected chi connectivity index (χ0v) is 10.5. The van der Waals surface area contributed by atoms with Crippen LogP contribution in [0.5, 0.6) is 0 Å². The first-order valence-electron chi connectivity index (χ1n) is 5.39. The van der Waals surface area contributed by atoms with E-state index < -0.39 is 5.82 Å². The second kappa shape index (κ2) is 5.51. The van der Waals surface area contributed by atoms with E-state index in [4.69, 9.17) is 17.3 Å². The number of halogens is 2. The molecule has 0 aliphatic heterocycles. The molecule has 0 bridgehead atoms. The Morgan fingerprint density at radius 2 is 2.16 bits per heavy atom. The minimum absolute atomic E-state index is 0.0375. The monoisotopic (exact) mass is 273 g/mol. The average Bonchev–Trinajstić information content (AvgIpc) is 2.43. The number of aromatic nitrogens is 1. The Labute approximate surface area is 114 Å². The van der Waals surface area contributed by atoms with Gasteiger partial charge in [0.15, 0.2) is 0 Å². The number of nitrogens with zero attached hydrogens (tertiary/aromatic N) is 2. The van der Waals surface area contributed by atoms with Crippen molar-refractivity contribution in [3.05, 3.63) is 64.7 Å². The molecule has 1 heterocycles. The Bertz CT molecular complexity index is 675. The molecule has 2 aromatic rings. The van der Waals surface area contributed by atoms with Crippen molar-refractivity contribution >= 4 is 22.9 Å². The fourth-order valence-electron chi connectivity index (χ4n) is 1.63. The summed E-state index contributed by atoms with van der Waals surface area (Å²) in [5, 5.41) is 9.55. The third kappa shape index (κ3) is 2.72. The van der Waals surface area contributed by atoms with Gasteiger partial charge in [0.25, 0.3) is 0 Å². The molecule has 0 saturated heterocycles. The third-order valence-electron chi connectivity index (χ3n) is 2.55. The Balaban J connectivity index is 2.62. The molecule has 0 spiro atoms. The van der Waals surface area contributed by atoms with Crippen molar-refractivity contribution < 1.29 is 4.39 Å². The maximum atomic E-state index is 13.7. The van der Waals surface area contributed by atoms with Gasteiger partial charge in [-0.3, -0.25) is 4.98 Å². The molecule has 0 amide bonds. The van der Waals surface area contributed by atoms with Crippen LogP contribution in [0.3, 0.4) is 0 Å². The molecule has 5 heteroatoms. The predicted molar refractivity (Wildman–Crippen MR) is 72.3 cm³/mol. The molecular formula is C14H9ClFN3. The van der Waals surface area contributed by atoms with Gasteiger partial charge in [0, 0.05) is 28.5 Å². The van der Waals surface area contributed by atoms with Crippen molar-refractivity contribution in [3.8, 4) is 6.07 Å². The lowest BCUT2D eigenvalue weighted by Crippen LogP contribution is -2.03. The molecule has 2 N–H and O–H groups in total.